The molecule has 0 N–H and O–H groups in total. The van der Waals surface area contributed by atoms with Gasteiger partial charge in [-0.15, -0.1) is 0 Å². The van der Waals surface area contributed by atoms with E-state index in [0.717, 1.165) is 28.5 Å². The topological polar surface area (TPSA) is 12.9 Å². The van der Waals surface area contributed by atoms with Crippen molar-refractivity contribution in [2.24, 2.45) is 0 Å². The van der Waals surface area contributed by atoms with Gasteiger partial charge in [0, 0.05) is 15.4 Å². The van der Waals surface area contributed by atoms with Crippen LogP contribution < -0.4 is 0 Å². The molecule has 1 nitrogen and oxygen atoms in total. The zero-order chi connectivity index (χ0) is 12.8. The van der Waals surface area contributed by atoms with E-state index in [0.29, 0.717) is 0 Å². The second-order valence-corrected chi connectivity index (χ2v) is 5.81. The van der Waals surface area contributed by atoms with Crippen molar-refractivity contribution in [2.45, 2.75) is 12.8 Å². The number of rotatable bonds is 0. The van der Waals surface area contributed by atoms with Crippen LogP contribution >= 0.6 is 15.9 Å². The zero-order valence-electron chi connectivity index (χ0n) is 10.4. The van der Waals surface area contributed by atoms with Crippen molar-refractivity contribution in [3.8, 4) is 11.3 Å². The van der Waals surface area contributed by atoms with Gasteiger partial charge >= 0.3 is 0 Å². The third kappa shape index (κ3) is 1.71. The normalized spacial score (nSPS) is 13.1. The van der Waals surface area contributed by atoms with E-state index < -0.39 is 0 Å². The van der Waals surface area contributed by atoms with Crippen LogP contribution in [0.1, 0.15) is 11.1 Å². The Morgan fingerprint density at radius 3 is 2.68 bits per heavy atom. The molecule has 92 valence electrons. The molecule has 0 spiro atoms. The van der Waals surface area contributed by atoms with Crippen LogP contribution in [0, 0.1) is 0 Å². The molecule has 2 heteroatoms. The average Bonchev–Trinajstić information content (AvgIpc) is 2.46. The maximum absolute atomic E-state index is 4.89. The summed E-state index contributed by atoms with van der Waals surface area (Å²) in [5.74, 6) is 0. The van der Waals surface area contributed by atoms with Crippen LogP contribution in [0.25, 0.3) is 22.2 Å². The summed E-state index contributed by atoms with van der Waals surface area (Å²) in [4.78, 5) is 4.89. The molecule has 1 aliphatic rings. The molecule has 0 saturated carbocycles. The van der Waals surface area contributed by atoms with Crippen LogP contribution in [0.2, 0.25) is 0 Å². The number of nitrogens with zero attached hydrogens (tertiary/aromatic N) is 1. The summed E-state index contributed by atoms with van der Waals surface area (Å²) < 4.78 is 1.12. The van der Waals surface area contributed by atoms with Gasteiger partial charge in [-0.2, -0.15) is 0 Å². The van der Waals surface area contributed by atoms with E-state index in [9.17, 15) is 0 Å². The Kier molecular flexibility index (Phi) is 2.46. The van der Waals surface area contributed by atoms with Crippen molar-refractivity contribution in [3.05, 3.63) is 64.1 Å². The highest BCUT2D eigenvalue weighted by Crippen LogP contribution is 2.35. The number of benzene rings is 2. The monoisotopic (exact) mass is 309 g/mol. The highest BCUT2D eigenvalue weighted by Gasteiger charge is 2.17. The molecule has 0 atom stereocenters. The molecular formula is C17H12BrN. The Bertz CT molecular complexity index is 792. The van der Waals surface area contributed by atoms with Crippen LogP contribution in [-0.4, -0.2) is 4.98 Å². The first kappa shape index (κ1) is 11.2. The molecule has 0 bridgehead atoms. The summed E-state index contributed by atoms with van der Waals surface area (Å²) in [6, 6.07) is 17.1. The van der Waals surface area contributed by atoms with Gasteiger partial charge in [0.05, 0.1) is 11.2 Å². The van der Waals surface area contributed by atoms with Crippen molar-refractivity contribution < 1.29 is 0 Å². The lowest BCUT2D eigenvalue weighted by Gasteiger charge is -2.19. The number of hydrogen-bond donors (Lipinski definition) is 0. The summed E-state index contributed by atoms with van der Waals surface area (Å²) in [5, 5.41) is 1.21. The SMILES string of the molecule is Brc1cccc2nc3c(cc12)CCc1ccccc1-3. The van der Waals surface area contributed by atoms with Gasteiger partial charge in [-0.05, 0) is 42.2 Å². The second kappa shape index (κ2) is 4.17. The van der Waals surface area contributed by atoms with Crippen molar-refractivity contribution >= 4 is 26.8 Å². The number of fused-ring (bicyclic) bond motifs is 4. The number of aromatic nitrogens is 1. The molecular weight excluding hydrogens is 298 g/mol. The molecule has 1 heterocycles. The molecule has 4 rings (SSSR count). The van der Waals surface area contributed by atoms with Crippen molar-refractivity contribution in [3.63, 3.8) is 0 Å². The summed E-state index contributed by atoms with van der Waals surface area (Å²) >= 11 is 3.62. The van der Waals surface area contributed by atoms with Crippen molar-refractivity contribution in [1.82, 2.24) is 4.98 Å². The number of pyridine rings is 1. The molecule has 0 unspecified atom stereocenters. The average molecular weight is 310 g/mol. The molecule has 2 aromatic carbocycles. The smallest absolute Gasteiger partial charge is 0.0744 e. The highest BCUT2D eigenvalue weighted by atomic mass is 79.9. The third-order valence-electron chi connectivity index (χ3n) is 3.82. The number of aryl methyl sites for hydroxylation is 2. The van der Waals surface area contributed by atoms with E-state index in [-0.39, 0.29) is 0 Å². The minimum Gasteiger partial charge on any atom is -0.247 e. The minimum atomic E-state index is 1.06. The van der Waals surface area contributed by atoms with Crippen LogP contribution in [-0.2, 0) is 12.8 Å². The Morgan fingerprint density at radius 1 is 0.895 bits per heavy atom. The van der Waals surface area contributed by atoms with Crippen LogP contribution in [0.15, 0.2) is 53.0 Å². The molecule has 19 heavy (non-hydrogen) atoms. The van der Waals surface area contributed by atoms with Gasteiger partial charge in [-0.3, -0.25) is 0 Å². The minimum absolute atomic E-state index is 1.06. The van der Waals surface area contributed by atoms with Gasteiger partial charge in [0.15, 0.2) is 0 Å². The molecule has 3 aromatic rings. The highest BCUT2D eigenvalue weighted by molar-refractivity contribution is 9.10. The number of hydrogen-bond acceptors (Lipinski definition) is 1. The molecule has 1 aliphatic carbocycles. The Labute approximate surface area is 120 Å². The van der Waals surface area contributed by atoms with Gasteiger partial charge in [-0.1, -0.05) is 46.3 Å². The van der Waals surface area contributed by atoms with Gasteiger partial charge in [0.25, 0.3) is 0 Å². The first-order valence-electron chi connectivity index (χ1n) is 6.49. The largest absolute Gasteiger partial charge is 0.247 e. The predicted molar refractivity (Wildman–Crippen MR) is 82.3 cm³/mol. The quantitative estimate of drug-likeness (QED) is 0.583. The molecule has 1 aromatic heterocycles. The third-order valence-corrected chi connectivity index (χ3v) is 4.51. The fourth-order valence-corrected chi connectivity index (χ4v) is 3.33. The van der Waals surface area contributed by atoms with E-state index in [1.54, 1.807) is 0 Å². The van der Waals surface area contributed by atoms with Gasteiger partial charge in [0.1, 0.15) is 0 Å². The Hall–Kier alpha value is -1.67. The fourth-order valence-electron chi connectivity index (χ4n) is 2.86. The summed E-state index contributed by atoms with van der Waals surface area (Å²) in [6.45, 7) is 0. The van der Waals surface area contributed by atoms with Crippen LogP contribution in [0.3, 0.4) is 0 Å². The first-order valence-corrected chi connectivity index (χ1v) is 7.29. The van der Waals surface area contributed by atoms with E-state index in [1.165, 1.54) is 22.1 Å². The predicted octanol–water partition coefficient (Wildman–Crippen LogP) is 4.76. The molecule has 0 aliphatic heterocycles. The summed E-state index contributed by atoms with van der Waals surface area (Å²) in [5.41, 5.74) is 6.29. The lowest BCUT2D eigenvalue weighted by molar-refractivity contribution is 0.933. The zero-order valence-corrected chi connectivity index (χ0v) is 11.9. The van der Waals surface area contributed by atoms with E-state index in [4.69, 9.17) is 4.98 Å². The molecule has 0 saturated heterocycles. The van der Waals surface area contributed by atoms with Crippen LogP contribution in [0.5, 0.6) is 0 Å². The molecule has 0 radical (unpaired) electrons. The lowest BCUT2D eigenvalue weighted by Crippen LogP contribution is -2.05. The maximum atomic E-state index is 4.89. The number of halogens is 1. The standard InChI is InChI=1S/C17H12BrN/c18-15-6-3-7-16-14(15)10-12-9-8-11-4-1-2-5-13(11)17(12)19-16/h1-7,10H,8-9H2. The summed E-state index contributed by atoms with van der Waals surface area (Å²) in [6.07, 6.45) is 2.19. The lowest BCUT2D eigenvalue weighted by atomic mass is 9.88. The van der Waals surface area contributed by atoms with Gasteiger partial charge in [0.2, 0.25) is 0 Å². The fraction of sp³-hybridized carbons (Fsp3) is 0.118. The van der Waals surface area contributed by atoms with E-state index in [1.807, 2.05) is 6.07 Å². The van der Waals surface area contributed by atoms with Crippen molar-refractivity contribution in [1.29, 1.82) is 0 Å². The summed E-state index contributed by atoms with van der Waals surface area (Å²) in [7, 11) is 0. The maximum Gasteiger partial charge on any atom is 0.0744 e. The van der Waals surface area contributed by atoms with Gasteiger partial charge < -0.3 is 0 Å². The van der Waals surface area contributed by atoms with Crippen molar-refractivity contribution in [2.75, 3.05) is 0 Å². The first-order chi connectivity index (χ1) is 9.33. The molecule has 0 amide bonds. The van der Waals surface area contributed by atoms with Crippen LogP contribution in [0.4, 0.5) is 0 Å². The van der Waals surface area contributed by atoms with E-state index >= 15 is 0 Å². The Morgan fingerprint density at radius 2 is 1.74 bits per heavy atom. The van der Waals surface area contributed by atoms with Gasteiger partial charge in [-0.25, -0.2) is 4.98 Å². The molecule has 0 fully saturated rings. The second-order valence-electron chi connectivity index (χ2n) is 4.96. The van der Waals surface area contributed by atoms with E-state index in [2.05, 4.69) is 58.4 Å². The Balaban J connectivity index is 2.07.